The summed E-state index contributed by atoms with van der Waals surface area (Å²) in [5.41, 5.74) is 2.05. The predicted octanol–water partition coefficient (Wildman–Crippen LogP) is 3.58. The average molecular weight is 335 g/mol. The average Bonchev–Trinajstić information content (AvgIpc) is 2.85. The molecule has 1 amide bonds. The van der Waals surface area contributed by atoms with E-state index in [4.69, 9.17) is 4.84 Å². The Morgan fingerprint density at radius 2 is 2.08 bits per heavy atom. The zero-order valence-electron chi connectivity index (χ0n) is 16.4. The van der Waals surface area contributed by atoms with Crippen LogP contribution in [0.5, 0.6) is 0 Å². The topological polar surface area (TPSA) is 49.8 Å². The van der Waals surface area contributed by atoms with Crippen LogP contribution in [0, 0.1) is 28.6 Å². The minimum absolute atomic E-state index is 0.0423. The van der Waals surface area contributed by atoms with Gasteiger partial charge in [0.05, 0.1) is 18.6 Å². The molecule has 2 aliphatic carbocycles. The van der Waals surface area contributed by atoms with E-state index in [9.17, 15) is 9.90 Å². The van der Waals surface area contributed by atoms with Crippen LogP contribution in [0.15, 0.2) is 23.3 Å². The molecule has 0 aromatic rings. The van der Waals surface area contributed by atoms with E-state index in [0.29, 0.717) is 0 Å². The first kappa shape index (κ1) is 19.2. The van der Waals surface area contributed by atoms with Crippen LogP contribution in [-0.4, -0.2) is 36.3 Å². The Morgan fingerprint density at radius 3 is 2.58 bits per heavy atom. The predicted molar refractivity (Wildman–Crippen MR) is 95.9 cm³/mol. The summed E-state index contributed by atoms with van der Waals surface area (Å²) in [4.78, 5) is 18.0. The van der Waals surface area contributed by atoms with Gasteiger partial charge in [0.2, 0.25) is 0 Å². The van der Waals surface area contributed by atoms with Crippen LogP contribution in [0.25, 0.3) is 0 Å². The molecule has 0 heterocycles. The SMILES string of the molecule is CC[C@@H](O)[C@H](C)/C=C(\C)[C@@H]1C(C)=C[C@]2(C)[C@H]1[C@@]2(C)C(=O)N(C)OC. The molecular weight excluding hydrogens is 302 g/mol. The summed E-state index contributed by atoms with van der Waals surface area (Å²) >= 11 is 0. The van der Waals surface area contributed by atoms with Gasteiger partial charge in [-0.2, -0.15) is 0 Å². The van der Waals surface area contributed by atoms with Gasteiger partial charge < -0.3 is 5.11 Å². The van der Waals surface area contributed by atoms with Crippen LogP contribution in [-0.2, 0) is 9.63 Å². The van der Waals surface area contributed by atoms with Crippen LogP contribution in [0.3, 0.4) is 0 Å². The van der Waals surface area contributed by atoms with E-state index < -0.39 is 5.41 Å². The zero-order chi connectivity index (χ0) is 18.4. The van der Waals surface area contributed by atoms with Crippen LogP contribution >= 0.6 is 0 Å². The van der Waals surface area contributed by atoms with E-state index in [1.807, 2.05) is 6.92 Å². The molecule has 4 heteroatoms. The van der Waals surface area contributed by atoms with Gasteiger partial charge in [-0.15, -0.1) is 0 Å². The van der Waals surface area contributed by atoms with Crippen molar-refractivity contribution >= 4 is 5.91 Å². The van der Waals surface area contributed by atoms with Gasteiger partial charge in [-0.1, -0.05) is 44.1 Å². The molecule has 0 saturated heterocycles. The molecule has 136 valence electrons. The number of rotatable bonds is 6. The second-order valence-corrected chi connectivity index (χ2v) is 8.06. The highest BCUT2D eigenvalue weighted by molar-refractivity contribution is 5.88. The summed E-state index contributed by atoms with van der Waals surface area (Å²) in [5, 5.41) is 11.4. The summed E-state index contributed by atoms with van der Waals surface area (Å²) in [6.07, 6.45) is 4.90. The molecule has 0 bridgehead atoms. The number of hydroxylamine groups is 2. The third kappa shape index (κ3) is 2.55. The molecule has 0 aromatic heterocycles. The number of carbonyl (C=O) groups excluding carboxylic acids is 1. The van der Waals surface area contributed by atoms with Crippen LogP contribution in [0.4, 0.5) is 0 Å². The highest BCUT2D eigenvalue weighted by Crippen LogP contribution is 2.78. The van der Waals surface area contributed by atoms with Gasteiger partial charge in [-0.05, 0) is 33.1 Å². The number of fused-ring (bicyclic) bond motifs is 1. The minimum Gasteiger partial charge on any atom is -0.393 e. The summed E-state index contributed by atoms with van der Waals surface area (Å²) in [7, 11) is 3.21. The van der Waals surface area contributed by atoms with Gasteiger partial charge >= 0.3 is 0 Å². The Kier molecular flexibility index (Phi) is 5.04. The maximum absolute atomic E-state index is 12.8. The molecule has 0 spiro atoms. The van der Waals surface area contributed by atoms with Gasteiger partial charge in [-0.25, -0.2) is 5.06 Å². The summed E-state index contributed by atoms with van der Waals surface area (Å²) in [5.74, 6) is 0.690. The number of carbonyl (C=O) groups is 1. The number of nitrogens with zero attached hydrogens (tertiary/aromatic N) is 1. The van der Waals surface area contributed by atoms with Gasteiger partial charge in [0.15, 0.2) is 0 Å². The highest BCUT2D eigenvalue weighted by atomic mass is 16.7. The number of hydrogen-bond acceptors (Lipinski definition) is 3. The summed E-state index contributed by atoms with van der Waals surface area (Å²) in [6, 6.07) is 0. The smallest absolute Gasteiger partial charge is 0.252 e. The van der Waals surface area contributed by atoms with Crippen molar-refractivity contribution < 1.29 is 14.7 Å². The molecule has 1 N–H and O–H groups in total. The molecule has 2 aliphatic rings. The molecule has 0 unspecified atom stereocenters. The van der Waals surface area contributed by atoms with E-state index in [1.54, 1.807) is 7.05 Å². The fourth-order valence-corrected chi connectivity index (χ4v) is 5.01. The van der Waals surface area contributed by atoms with E-state index in [1.165, 1.54) is 23.3 Å². The van der Waals surface area contributed by atoms with Crippen LogP contribution < -0.4 is 0 Å². The fourth-order valence-electron chi connectivity index (χ4n) is 5.01. The molecule has 0 radical (unpaired) electrons. The first-order valence-electron chi connectivity index (χ1n) is 8.94. The molecule has 0 aromatic carbocycles. The quantitative estimate of drug-likeness (QED) is 0.596. The van der Waals surface area contributed by atoms with Crippen LogP contribution in [0.1, 0.15) is 48.0 Å². The van der Waals surface area contributed by atoms with Gasteiger partial charge in [0.25, 0.3) is 5.91 Å². The molecule has 6 atom stereocenters. The highest BCUT2D eigenvalue weighted by Gasteiger charge is 2.78. The Hall–Kier alpha value is -1.13. The van der Waals surface area contributed by atoms with Crippen LogP contribution in [0.2, 0.25) is 0 Å². The first-order chi connectivity index (χ1) is 11.1. The Bertz CT molecular complexity index is 581. The van der Waals surface area contributed by atoms with E-state index in [0.717, 1.165) is 6.42 Å². The Balaban J connectivity index is 2.30. The normalized spacial score (nSPS) is 37.5. The molecule has 1 fully saturated rings. The minimum atomic E-state index is -0.427. The van der Waals surface area contributed by atoms with Gasteiger partial charge in [-0.3, -0.25) is 9.63 Å². The molecule has 4 nitrogen and oxygen atoms in total. The third-order valence-corrected chi connectivity index (χ3v) is 6.70. The third-order valence-electron chi connectivity index (χ3n) is 6.70. The number of aliphatic hydroxyl groups is 1. The largest absolute Gasteiger partial charge is 0.393 e. The van der Waals surface area contributed by atoms with Gasteiger partial charge in [0, 0.05) is 24.3 Å². The Labute approximate surface area is 146 Å². The summed E-state index contributed by atoms with van der Waals surface area (Å²) in [6.45, 7) is 12.6. The maximum atomic E-state index is 12.8. The second-order valence-electron chi connectivity index (χ2n) is 8.06. The molecule has 0 aliphatic heterocycles. The lowest BCUT2D eigenvalue weighted by Crippen LogP contribution is -2.36. The van der Waals surface area contributed by atoms with E-state index in [2.05, 4.69) is 46.8 Å². The number of aliphatic hydroxyl groups excluding tert-OH is 1. The number of hydrogen-bond donors (Lipinski definition) is 1. The van der Waals surface area contributed by atoms with E-state index >= 15 is 0 Å². The van der Waals surface area contributed by atoms with E-state index in [-0.39, 0.29) is 35.2 Å². The lowest BCUT2D eigenvalue weighted by Gasteiger charge is -2.26. The molecule has 24 heavy (non-hydrogen) atoms. The number of allylic oxidation sites excluding steroid dienone is 3. The van der Waals surface area contributed by atoms with Crippen molar-refractivity contribution in [1.82, 2.24) is 5.06 Å². The van der Waals surface area contributed by atoms with Crippen molar-refractivity contribution in [2.75, 3.05) is 14.2 Å². The maximum Gasteiger partial charge on any atom is 0.252 e. The second kappa shape index (κ2) is 6.30. The lowest BCUT2D eigenvalue weighted by atomic mass is 9.82. The standard InChI is InChI=1S/C20H33NO3/c1-9-15(22)12(2)10-13(3)16-14(4)11-19(5)17(16)20(19,6)18(23)21(7)24-8/h10-12,15-17,22H,9H2,1-8H3/b13-10+/t12-,15-,16-,17+,19-,20+/m1/s1. The van der Waals surface area contributed by atoms with Gasteiger partial charge in [0.1, 0.15) is 0 Å². The van der Waals surface area contributed by atoms with Crippen molar-refractivity contribution in [2.24, 2.45) is 28.6 Å². The van der Waals surface area contributed by atoms with Crippen molar-refractivity contribution in [2.45, 2.75) is 54.1 Å². The number of amides is 1. The molecule has 1 saturated carbocycles. The van der Waals surface area contributed by atoms with Crippen molar-refractivity contribution in [3.05, 3.63) is 23.3 Å². The molecular formula is C20H33NO3. The fraction of sp³-hybridized carbons (Fsp3) is 0.750. The van der Waals surface area contributed by atoms with Crippen molar-refractivity contribution in [1.29, 1.82) is 0 Å². The monoisotopic (exact) mass is 335 g/mol. The zero-order valence-corrected chi connectivity index (χ0v) is 16.4. The first-order valence-corrected chi connectivity index (χ1v) is 8.94. The van der Waals surface area contributed by atoms with Crippen molar-refractivity contribution in [3.63, 3.8) is 0 Å². The van der Waals surface area contributed by atoms with Crippen molar-refractivity contribution in [3.8, 4) is 0 Å². The molecule has 2 rings (SSSR count). The Morgan fingerprint density at radius 1 is 1.50 bits per heavy atom. The summed E-state index contributed by atoms with van der Waals surface area (Å²) < 4.78 is 0. The lowest BCUT2D eigenvalue weighted by molar-refractivity contribution is -0.176.